The Labute approximate surface area is 227 Å². The van der Waals surface area contributed by atoms with Gasteiger partial charge in [-0.2, -0.15) is 0 Å². The van der Waals surface area contributed by atoms with Crippen LogP contribution in [-0.4, -0.2) is 42.2 Å². The van der Waals surface area contributed by atoms with Gasteiger partial charge in [-0.15, -0.1) is 0 Å². The van der Waals surface area contributed by atoms with Gasteiger partial charge in [0.25, 0.3) is 11.8 Å². The lowest BCUT2D eigenvalue weighted by Gasteiger charge is -2.35. The number of carbonyl (C=O) groups is 3. The first-order chi connectivity index (χ1) is 19.0. The molecule has 0 aromatic heterocycles. The molecule has 0 radical (unpaired) electrons. The second-order valence-electron chi connectivity index (χ2n) is 10.2. The molecule has 0 saturated carbocycles. The van der Waals surface area contributed by atoms with E-state index in [4.69, 9.17) is 4.74 Å². The average molecular weight is 519 g/mol. The molecule has 0 aliphatic carbocycles. The molecule has 1 fully saturated rings. The summed E-state index contributed by atoms with van der Waals surface area (Å²) in [6, 6.07) is 26.2. The molecular formula is C33H30N2O4. The number of hydrogen-bond acceptors (Lipinski definition) is 4. The van der Waals surface area contributed by atoms with Crippen LogP contribution in [-0.2, 0) is 17.8 Å². The number of rotatable bonds is 7. The fourth-order valence-corrected chi connectivity index (χ4v) is 5.90. The summed E-state index contributed by atoms with van der Waals surface area (Å²) in [4.78, 5) is 44.0. The Balaban J connectivity index is 1.27. The van der Waals surface area contributed by atoms with E-state index < -0.39 is 6.04 Å². The second kappa shape index (κ2) is 10.4. The summed E-state index contributed by atoms with van der Waals surface area (Å²) in [5.74, 6) is 0.568. The third-order valence-corrected chi connectivity index (χ3v) is 7.90. The van der Waals surface area contributed by atoms with E-state index in [1.54, 1.807) is 36.3 Å². The molecule has 1 unspecified atom stereocenters. The van der Waals surface area contributed by atoms with Gasteiger partial charge >= 0.3 is 0 Å². The quantitative estimate of drug-likeness (QED) is 0.309. The number of hydrogen-bond donors (Lipinski definition) is 0. The van der Waals surface area contributed by atoms with Gasteiger partial charge in [0.05, 0.1) is 25.4 Å². The van der Waals surface area contributed by atoms with Crippen molar-refractivity contribution in [1.82, 2.24) is 4.90 Å². The summed E-state index contributed by atoms with van der Waals surface area (Å²) in [5, 5.41) is 1.82. The van der Waals surface area contributed by atoms with Crippen molar-refractivity contribution in [2.45, 2.75) is 38.3 Å². The number of ether oxygens (including phenoxy) is 1. The first-order valence-corrected chi connectivity index (χ1v) is 13.4. The normalized spacial score (nSPS) is 16.5. The summed E-state index contributed by atoms with van der Waals surface area (Å²) in [7, 11) is 1.59. The highest BCUT2D eigenvalue weighted by Crippen LogP contribution is 2.40. The molecule has 2 aliphatic rings. The van der Waals surface area contributed by atoms with Crippen molar-refractivity contribution in [2.75, 3.05) is 18.6 Å². The molecule has 39 heavy (non-hydrogen) atoms. The fraction of sp³-hybridized carbons (Fsp3) is 0.242. The minimum Gasteiger partial charge on any atom is -0.497 e. The highest BCUT2D eigenvalue weighted by atomic mass is 16.5. The topological polar surface area (TPSA) is 66.9 Å². The minimum absolute atomic E-state index is 0.0218. The highest BCUT2D eigenvalue weighted by molar-refractivity contribution is 6.25. The second-order valence-corrected chi connectivity index (χ2v) is 10.2. The van der Waals surface area contributed by atoms with E-state index in [0.717, 1.165) is 40.4 Å². The molecule has 4 aromatic carbocycles. The molecule has 6 nitrogen and oxygen atoms in total. The van der Waals surface area contributed by atoms with Gasteiger partial charge in [-0.1, -0.05) is 48.5 Å². The monoisotopic (exact) mass is 518 g/mol. The van der Waals surface area contributed by atoms with Crippen molar-refractivity contribution in [2.24, 2.45) is 0 Å². The van der Waals surface area contributed by atoms with Crippen LogP contribution in [0.3, 0.4) is 0 Å². The lowest BCUT2D eigenvalue weighted by atomic mass is 9.91. The first kappa shape index (κ1) is 24.9. The maximum absolute atomic E-state index is 13.7. The van der Waals surface area contributed by atoms with E-state index >= 15 is 0 Å². The van der Waals surface area contributed by atoms with E-state index in [0.29, 0.717) is 36.4 Å². The van der Waals surface area contributed by atoms with Crippen molar-refractivity contribution in [3.63, 3.8) is 0 Å². The van der Waals surface area contributed by atoms with Crippen molar-refractivity contribution in [3.05, 3.63) is 107 Å². The van der Waals surface area contributed by atoms with E-state index in [9.17, 15) is 14.4 Å². The van der Waals surface area contributed by atoms with Gasteiger partial charge in [-0.3, -0.25) is 14.4 Å². The van der Waals surface area contributed by atoms with Crippen LogP contribution < -0.4 is 9.64 Å². The SMILES string of the molecule is COc1ccc(C(=O)N2CCCCC2C(=O)Cc2ccc3c4c(cccc24)C(=O)N3Cc2ccccc2)cc1. The molecule has 0 spiro atoms. The number of likely N-dealkylation sites (tertiary alicyclic amines) is 1. The van der Waals surface area contributed by atoms with Gasteiger partial charge in [-0.25, -0.2) is 0 Å². The van der Waals surface area contributed by atoms with E-state index in [2.05, 4.69) is 0 Å². The Bertz CT molecular complexity index is 1560. The van der Waals surface area contributed by atoms with Crippen LogP contribution in [0.4, 0.5) is 5.69 Å². The van der Waals surface area contributed by atoms with Gasteiger partial charge < -0.3 is 14.5 Å². The average Bonchev–Trinajstić information content (AvgIpc) is 3.26. The molecule has 1 saturated heterocycles. The van der Waals surface area contributed by atoms with Crippen LogP contribution in [0, 0.1) is 0 Å². The minimum atomic E-state index is -0.465. The maximum Gasteiger partial charge on any atom is 0.259 e. The molecule has 2 aliphatic heterocycles. The number of Topliss-reactive ketones (excluding diaryl/α,β-unsaturated/α-hetero) is 1. The lowest BCUT2D eigenvalue weighted by Crippen LogP contribution is -2.48. The van der Waals surface area contributed by atoms with Gasteiger partial charge in [0.15, 0.2) is 5.78 Å². The largest absolute Gasteiger partial charge is 0.497 e. The van der Waals surface area contributed by atoms with E-state index in [1.807, 2.05) is 65.6 Å². The number of nitrogens with zero attached hydrogens (tertiary/aromatic N) is 2. The molecular weight excluding hydrogens is 488 g/mol. The lowest BCUT2D eigenvalue weighted by molar-refractivity contribution is -0.123. The molecule has 2 heterocycles. The number of anilines is 1. The van der Waals surface area contributed by atoms with E-state index in [-0.39, 0.29) is 24.0 Å². The zero-order valence-corrected chi connectivity index (χ0v) is 21.9. The predicted molar refractivity (Wildman–Crippen MR) is 151 cm³/mol. The van der Waals surface area contributed by atoms with Crippen LogP contribution in [0.25, 0.3) is 10.8 Å². The Morgan fingerprint density at radius 3 is 2.46 bits per heavy atom. The van der Waals surface area contributed by atoms with Crippen molar-refractivity contribution in [3.8, 4) is 5.75 Å². The number of ketones is 1. The molecule has 2 amide bonds. The Morgan fingerprint density at radius 1 is 0.897 bits per heavy atom. The standard InChI is InChI=1S/C33H30N2O4/c1-39-25-16-13-23(14-17-25)32(37)34-19-6-5-12-28(34)30(36)20-24-15-18-29-31-26(24)10-7-11-27(31)33(38)35(29)21-22-8-3-2-4-9-22/h2-4,7-11,13-18,28H,5-6,12,19-21H2,1H3. The van der Waals surface area contributed by atoms with Crippen LogP contribution >= 0.6 is 0 Å². The fourth-order valence-electron chi connectivity index (χ4n) is 5.90. The zero-order valence-electron chi connectivity index (χ0n) is 21.9. The summed E-state index contributed by atoms with van der Waals surface area (Å²) in [5.41, 5.74) is 4.04. The number of benzene rings is 4. The highest BCUT2D eigenvalue weighted by Gasteiger charge is 2.34. The molecule has 6 rings (SSSR count). The van der Waals surface area contributed by atoms with Crippen LogP contribution in [0.1, 0.15) is 51.1 Å². The Morgan fingerprint density at radius 2 is 1.69 bits per heavy atom. The predicted octanol–water partition coefficient (Wildman–Crippen LogP) is 5.82. The smallest absolute Gasteiger partial charge is 0.259 e. The van der Waals surface area contributed by atoms with E-state index in [1.165, 1.54) is 0 Å². The summed E-state index contributed by atoms with van der Waals surface area (Å²) >= 11 is 0. The molecule has 6 heteroatoms. The van der Waals surface area contributed by atoms with Crippen LogP contribution in [0.5, 0.6) is 5.75 Å². The first-order valence-electron chi connectivity index (χ1n) is 13.4. The van der Waals surface area contributed by atoms with Crippen molar-refractivity contribution >= 4 is 34.1 Å². The summed E-state index contributed by atoms with van der Waals surface area (Å²) in [6.07, 6.45) is 2.66. The van der Waals surface area contributed by atoms with Gasteiger partial charge in [-0.05, 0) is 72.2 Å². The van der Waals surface area contributed by atoms with Crippen molar-refractivity contribution in [1.29, 1.82) is 0 Å². The molecule has 1 atom stereocenters. The van der Waals surface area contributed by atoms with Gasteiger partial charge in [0, 0.05) is 29.5 Å². The third-order valence-electron chi connectivity index (χ3n) is 7.90. The number of carbonyl (C=O) groups excluding carboxylic acids is 3. The van der Waals surface area contributed by atoms with Crippen LogP contribution in [0.15, 0.2) is 84.9 Å². The molecule has 196 valence electrons. The number of amides is 2. The molecule has 0 bridgehead atoms. The molecule has 4 aromatic rings. The number of methoxy groups -OCH3 is 1. The Kier molecular flexibility index (Phi) is 6.61. The summed E-state index contributed by atoms with van der Waals surface area (Å²) < 4.78 is 5.22. The molecule has 0 N–H and O–H groups in total. The zero-order chi connectivity index (χ0) is 26.9. The summed E-state index contributed by atoms with van der Waals surface area (Å²) in [6.45, 7) is 1.06. The Hall–Kier alpha value is -4.45. The maximum atomic E-state index is 13.7. The van der Waals surface area contributed by atoms with Gasteiger partial charge in [0.1, 0.15) is 5.75 Å². The third kappa shape index (κ3) is 4.56. The van der Waals surface area contributed by atoms with Crippen LogP contribution in [0.2, 0.25) is 0 Å². The van der Waals surface area contributed by atoms with Gasteiger partial charge in [0.2, 0.25) is 0 Å². The van der Waals surface area contributed by atoms with Crippen molar-refractivity contribution < 1.29 is 19.1 Å². The number of piperidine rings is 1.